The first kappa shape index (κ1) is 29.3. The minimum absolute atomic E-state index is 0.0977. The van der Waals surface area contributed by atoms with Crippen molar-refractivity contribution < 1.29 is 36.9 Å². The van der Waals surface area contributed by atoms with Gasteiger partial charge in [-0.05, 0) is 31.0 Å². The molecule has 15 heteroatoms. The fourth-order valence-corrected chi connectivity index (χ4v) is 5.89. The normalized spacial score (nSPS) is 17.8. The molecule has 3 aromatic heterocycles. The van der Waals surface area contributed by atoms with Crippen molar-refractivity contribution in [3.63, 3.8) is 0 Å². The Kier molecular flexibility index (Phi) is 7.80. The van der Waals surface area contributed by atoms with Gasteiger partial charge in [0.2, 0.25) is 5.88 Å². The standard InChI is InChI=1S/C29H25F3N6O5S/c1-14-6-16(25-19(7-14)37-24(40-2)13-33-25)26-38-18-8-17(30)21(9-23(18)44-26)42-22-10-29(31,32)5-4-20(22)43-28(39)36-15-11-34-27(41-3)35-12-15/h6-9,11-13,20,22H,4-5,10H2,1-3H3,(H,36,39)/t20-,22?/m0/s1. The second-order valence-corrected chi connectivity index (χ2v) is 11.2. The monoisotopic (exact) mass is 626 g/mol. The third-order valence-corrected chi connectivity index (χ3v) is 8.00. The Hall–Kier alpha value is -4.79. The maximum atomic E-state index is 15.3. The third kappa shape index (κ3) is 6.13. The number of nitrogens with zero attached hydrogens (tertiary/aromatic N) is 5. The number of benzene rings is 2. The largest absolute Gasteiger partial charge is 0.483 e. The molecule has 1 amide bonds. The lowest BCUT2D eigenvalue weighted by atomic mass is 9.91. The van der Waals surface area contributed by atoms with Crippen LogP contribution in [-0.4, -0.2) is 63.4 Å². The average molecular weight is 627 g/mol. The van der Waals surface area contributed by atoms with Crippen LogP contribution in [0.2, 0.25) is 0 Å². The number of fused-ring (bicyclic) bond motifs is 2. The van der Waals surface area contributed by atoms with Crippen LogP contribution in [0, 0.1) is 12.7 Å². The Morgan fingerprint density at radius 3 is 2.55 bits per heavy atom. The number of methoxy groups -OCH3 is 2. The van der Waals surface area contributed by atoms with Gasteiger partial charge in [0.1, 0.15) is 17.2 Å². The van der Waals surface area contributed by atoms with Gasteiger partial charge in [0.15, 0.2) is 11.6 Å². The molecule has 2 aromatic carbocycles. The molecule has 228 valence electrons. The van der Waals surface area contributed by atoms with Crippen LogP contribution < -0.4 is 19.5 Å². The lowest BCUT2D eigenvalue weighted by molar-refractivity contribution is -0.114. The maximum Gasteiger partial charge on any atom is 0.412 e. The van der Waals surface area contributed by atoms with Crippen LogP contribution in [0.3, 0.4) is 0 Å². The van der Waals surface area contributed by atoms with Crippen molar-refractivity contribution in [3.8, 4) is 28.2 Å². The summed E-state index contributed by atoms with van der Waals surface area (Å²) < 4.78 is 66.1. The fourth-order valence-electron chi connectivity index (χ4n) is 4.90. The van der Waals surface area contributed by atoms with Crippen molar-refractivity contribution in [2.75, 3.05) is 19.5 Å². The fraction of sp³-hybridized carbons (Fsp3) is 0.310. The van der Waals surface area contributed by atoms with E-state index in [2.05, 4.69) is 30.2 Å². The zero-order chi connectivity index (χ0) is 31.0. The molecular weight excluding hydrogens is 601 g/mol. The second-order valence-electron chi connectivity index (χ2n) is 10.1. The number of aromatic nitrogens is 5. The van der Waals surface area contributed by atoms with E-state index in [-0.39, 0.29) is 23.9 Å². The van der Waals surface area contributed by atoms with Crippen LogP contribution >= 0.6 is 11.3 Å². The number of carbonyl (C=O) groups excluding carboxylic acids is 1. The van der Waals surface area contributed by atoms with Crippen LogP contribution in [0.5, 0.6) is 17.6 Å². The van der Waals surface area contributed by atoms with E-state index >= 15 is 4.39 Å². The summed E-state index contributed by atoms with van der Waals surface area (Å²) >= 11 is 1.26. The molecule has 0 bridgehead atoms. The molecule has 1 aliphatic carbocycles. The maximum absolute atomic E-state index is 15.3. The number of anilines is 1. The minimum atomic E-state index is -3.08. The van der Waals surface area contributed by atoms with Crippen molar-refractivity contribution in [1.82, 2.24) is 24.9 Å². The van der Waals surface area contributed by atoms with Crippen LogP contribution in [0.4, 0.5) is 23.7 Å². The predicted molar refractivity (Wildman–Crippen MR) is 155 cm³/mol. The van der Waals surface area contributed by atoms with Gasteiger partial charge in [-0.25, -0.2) is 42.9 Å². The summed E-state index contributed by atoms with van der Waals surface area (Å²) in [6.07, 6.45) is -0.683. The van der Waals surface area contributed by atoms with Crippen molar-refractivity contribution in [1.29, 1.82) is 0 Å². The number of hydrogen-bond acceptors (Lipinski definition) is 11. The molecular formula is C29H25F3N6O5S. The molecule has 44 heavy (non-hydrogen) atoms. The van der Waals surface area contributed by atoms with Gasteiger partial charge in [-0.15, -0.1) is 11.3 Å². The van der Waals surface area contributed by atoms with Gasteiger partial charge in [0.05, 0.1) is 66.2 Å². The lowest BCUT2D eigenvalue weighted by Crippen LogP contribution is -2.45. The Bertz CT molecular complexity index is 1860. The Labute approximate surface area is 252 Å². The molecule has 3 heterocycles. The van der Waals surface area contributed by atoms with Crippen LogP contribution in [0.15, 0.2) is 42.9 Å². The first-order chi connectivity index (χ1) is 21.1. The Balaban J connectivity index is 1.25. The van der Waals surface area contributed by atoms with E-state index in [1.54, 1.807) is 0 Å². The number of aryl methyl sites for hydroxylation is 1. The zero-order valence-electron chi connectivity index (χ0n) is 23.6. The van der Waals surface area contributed by atoms with Crippen molar-refractivity contribution >= 4 is 44.4 Å². The first-order valence-electron chi connectivity index (χ1n) is 13.4. The molecule has 0 radical (unpaired) electrons. The van der Waals surface area contributed by atoms with Gasteiger partial charge in [0.25, 0.3) is 5.92 Å². The molecule has 0 saturated heterocycles. The van der Waals surface area contributed by atoms with Crippen LogP contribution in [0.1, 0.15) is 24.8 Å². The quantitative estimate of drug-likeness (QED) is 0.218. The van der Waals surface area contributed by atoms with E-state index in [0.717, 1.165) is 5.56 Å². The van der Waals surface area contributed by atoms with Crippen LogP contribution in [-0.2, 0) is 4.74 Å². The smallest absolute Gasteiger partial charge is 0.412 e. The second kappa shape index (κ2) is 11.7. The van der Waals surface area contributed by atoms with Crippen molar-refractivity contribution in [2.45, 2.75) is 44.3 Å². The molecule has 11 nitrogen and oxygen atoms in total. The number of halogens is 3. The number of alkyl halides is 2. The number of nitrogens with one attached hydrogen (secondary N) is 1. The van der Waals surface area contributed by atoms with Gasteiger partial charge < -0.3 is 18.9 Å². The molecule has 1 unspecified atom stereocenters. The summed E-state index contributed by atoms with van der Waals surface area (Å²) in [6.45, 7) is 1.91. The van der Waals surface area contributed by atoms with E-state index in [4.69, 9.17) is 18.9 Å². The molecule has 6 rings (SSSR count). The van der Waals surface area contributed by atoms with Gasteiger partial charge in [-0.2, -0.15) is 0 Å². The van der Waals surface area contributed by atoms with Gasteiger partial charge in [-0.1, -0.05) is 0 Å². The van der Waals surface area contributed by atoms with Gasteiger partial charge in [-0.3, -0.25) is 5.32 Å². The molecule has 1 fully saturated rings. The van der Waals surface area contributed by atoms with E-state index in [1.807, 2.05) is 19.1 Å². The predicted octanol–water partition coefficient (Wildman–Crippen LogP) is 6.35. The highest BCUT2D eigenvalue weighted by Gasteiger charge is 2.45. The summed E-state index contributed by atoms with van der Waals surface area (Å²) in [6, 6.07) is 6.48. The molecule has 5 aromatic rings. The number of thiazole rings is 1. The Morgan fingerprint density at radius 1 is 1.00 bits per heavy atom. The van der Waals surface area contributed by atoms with Crippen molar-refractivity contribution in [2.24, 2.45) is 0 Å². The molecule has 0 spiro atoms. The Morgan fingerprint density at radius 2 is 1.80 bits per heavy atom. The molecule has 0 aliphatic heterocycles. The van der Waals surface area contributed by atoms with Gasteiger partial charge in [0, 0.05) is 24.1 Å². The summed E-state index contributed by atoms with van der Waals surface area (Å²) in [4.78, 5) is 33.9. The highest BCUT2D eigenvalue weighted by molar-refractivity contribution is 7.21. The number of carbonyl (C=O) groups is 1. The number of ether oxygens (including phenoxy) is 4. The summed E-state index contributed by atoms with van der Waals surface area (Å²) in [5, 5.41) is 3.00. The van der Waals surface area contributed by atoms with Gasteiger partial charge >= 0.3 is 12.1 Å². The average Bonchev–Trinajstić information content (AvgIpc) is 3.40. The number of amides is 1. The summed E-state index contributed by atoms with van der Waals surface area (Å²) in [5.41, 5.74) is 3.38. The van der Waals surface area contributed by atoms with Crippen LogP contribution in [0.25, 0.3) is 31.8 Å². The highest BCUT2D eigenvalue weighted by atomic mass is 32.1. The highest BCUT2D eigenvalue weighted by Crippen LogP contribution is 2.40. The summed E-state index contributed by atoms with van der Waals surface area (Å²) in [7, 11) is 2.90. The topological polar surface area (TPSA) is 130 Å². The number of hydrogen-bond donors (Lipinski definition) is 1. The van der Waals surface area contributed by atoms with E-state index < -0.39 is 42.9 Å². The SMILES string of the molecule is COc1cnc2c(-c3nc4cc(F)c(OC5CC(F)(F)CC[C@@H]5OC(=O)Nc5cnc(OC)nc5)cc4s3)cc(C)cc2n1. The minimum Gasteiger partial charge on any atom is -0.483 e. The van der Waals surface area contributed by atoms with Crippen molar-refractivity contribution in [3.05, 3.63) is 54.2 Å². The molecule has 1 saturated carbocycles. The van der Waals surface area contributed by atoms with E-state index in [9.17, 15) is 13.6 Å². The molecule has 1 N–H and O–H groups in total. The third-order valence-electron chi connectivity index (χ3n) is 6.95. The molecule has 1 aliphatic rings. The number of rotatable bonds is 7. The lowest BCUT2D eigenvalue weighted by Gasteiger charge is -2.35. The zero-order valence-corrected chi connectivity index (χ0v) is 24.5. The van der Waals surface area contributed by atoms with E-state index in [0.29, 0.717) is 37.7 Å². The summed E-state index contributed by atoms with van der Waals surface area (Å²) in [5.74, 6) is -3.77. The van der Waals surface area contributed by atoms with E-state index in [1.165, 1.54) is 56.3 Å². The molecule has 2 atom stereocenters. The first-order valence-corrected chi connectivity index (χ1v) is 14.2.